The minimum atomic E-state index is -0.323. The molecule has 5 nitrogen and oxygen atoms in total. The Kier molecular flexibility index (Phi) is 5.74. The van der Waals surface area contributed by atoms with Gasteiger partial charge in [-0.25, -0.2) is 5.43 Å². The molecule has 0 spiro atoms. The Morgan fingerprint density at radius 3 is 2.70 bits per heavy atom. The van der Waals surface area contributed by atoms with Gasteiger partial charge in [0.25, 0.3) is 5.91 Å². The molecule has 0 fully saturated rings. The maximum absolute atomic E-state index is 11.8. The van der Waals surface area contributed by atoms with Crippen molar-refractivity contribution in [2.45, 2.75) is 13.8 Å². The van der Waals surface area contributed by atoms with E-state index in [9.17, 15) is 4.79 Å². The highest BCUT2D eigenvalue weighted by atomic mass is 16.5. The van der Waals surface area contributed by atoms with Crippen LogP contribution in [0.15, 0.2) is 47.6 Å². The first kappa shape index (κ1) is 16.5. The molecule has 0 unspecified atom stereocenters. The van der Waals surface area contributed by atoms with Crippen molar-refractivity contribution in [2.75, 3.05) is 13.7 Å². The Balaban J connectivity index is 1.86. The Morgan fingerprint density at radius 2 is 1.96 bits per heavy atom. The lowest BCUT2D eigenvalue weighted by Crippen LogP contribution is -2.24. The summed E-state index contributed by atoms with van der Waals surface area (Å²) in [6.45, 7) is 3.86. The Hall–Kier alpha value is -2.82. The summed E-state index contributed by atoms with van der Waals surface area (Å²) >= 11 is 0. The smallest absolute Gasteiger partial charge is 0.277 e. The third kappa shape index (κ3) is 4.85. The number of ether oxygens (including phenoxy) is 2. The zero-order chi connectivity index (χ0) is 16.7. The highest BCUT2D eigenvalue weighted by Crippen LogP contribution is 2.18. The van der Waals surface area contributed by atoms with Gasteiger partial charge < -0.3 is 9.47 Å². The molecule has 0 bridgehead atoms. The van der Waals surface area contributed by atoms with Crippen LogP contribution in [0.3, 0.4) is 0 Å². The van der Waals surface area contributed by atoms with Gasteiger partial charge in [0, 0.05) is 5.56 Å². The van der Waals surface area contributed by atoms with Gasteiger partial charge in [-0.3, -0.25) is 4.79 Å². The van der Waals surface area contributed by atoms with E-state index in [2.05, 4.69) is 10.5 Å². The van der Waals surface area contributed by atoms with Crippen LogP contribution in [-0.4, -0.2) is 25.8 Å². The van der Waals surface area contributed by atoms with Gasteiger partial charge in [-0.15, -0.1) is 0 Å². The molecule has 0 atom stereocenters. The number of aryl methyl sites for hydroxylation is 2. The third-order valence-electron chi connectivity index (χ3n) is 3.22. The quantitative estimate of drug-likeness (QED) is 0.659. The van der Waals surface area contributed by atoms with Crippen molar-refractivity contribution in [3.8, 4) is 11.5 Å². The molecule has 1 N–H and O–H groups in total. The van der Waals surface area contributed by atoms with Crippen LogP contribution in [0.25, 0.3) is 0 Å². The van der Waals surface area contributed by atoms with Gasteiger partial charge in [-0.1, -0.05) is 29.8 Å². The van der Waals surface area contributed by atoms with Gasteiger partial charge in [-0.2, -0.15) is 5.10 Å². The molecule has 0 aliphatic heterocycles. The molecule has 0 saturated carbocycles. The number of carbonyl (C=O) groups excluding carboxylic acids is 1. The van der Waals surface area contributed by atoms with Crippen LogP contribution in [0.1, 0.15) is 16.7 Å². The number of amides is 1. The molecule has 5 heteroatoms. The highest BCUT2D eigenvalue weighted by molar-refractivity contribution is 5.85. The molecule has 0 aliphatic rings. The van der Waals surface area contributed by atoms with Crippen molar-refractivity contribution in [3.63, 3.8) is 0 Å². The summed E-state index contributed by atoms with van der Waals surface area (Å²) in [6, 6.07) is 13.2. The van der Waals surface area contributed by atoms with E-state index in [0.29, 0.717) is 11.5 Å². The number of benzene rings is 2. The Labute approximate surface area is 135 Å². The third-order valence-corrected chi connectivity index (χ3v) is 3.22. The minimum Gasteiger partial charge on any atom is -0.496 e. The summed E-state index contributed by atoms with van der Waals surface area (Å²) < 4.78 is 10.7. The molecular weight excluding hydrogens is 292 g/mol. The van der Waals surface area contributed by atoms with Gasteiger partial charge in [0.1, 0.15) is 11.5 Å². The molecule has 0 saturated heterocycles. The zero-order valence-electron chi connectivity index (χ0n) is 13.5. The molecule has 1 amide bonds. The predicted octanol–water partition coefficient (Wildman–Crippen LogP) is 2.84. The fraction of sp³-hybridized carbons (Fsp3) is 0.222. The molecule has 120 valence electrons. The van der Waals surface area contributed by atoms with E-state index in [-0.39, 0.29) is 12.5 Å². The average molecular weight is 312 g/mol. The van der Waals surface area contributed by atoms with E-state index in [1.165, 1.54) is 6.21 Å². The van der Waals surface area contributed by atoms with Crippen LogP contribution in [0, 0.1) is 13.8 Å². The van der Waals surface area contributed by atoms with E-state index < -0.39 is 0 Å². The molecule has 0 heterocycles. The van der Waals surface area contributed by atoms with Crippen LogP contribution in [-0.2, 0) is 4.79 Å². The minimum absolute atomic E-state index is 0.0901. The van der Waals surface area contributed by atoms with Gasteiger partial charge in [0.2, 0.25) is 0 Å². The topological polar surface area (TPSA) is 59.9 Å². The Morgan fingerprint density at radius 1 is 1.17 bits per heavy atom. The number of methoxy groups -OCH3 is 1. The van der Waals surface area contributed by atoms with Gasteiger partial charge in [-0.05, 0) is 37.6 Å². The molecule has 0 aliphatic carbocycles. The van der Waals surface area contributed by atoms with Gasteiger partial charge >= 0.3 is 0 Å². The van der Waals surface area contributed by atoms with Crippen molar-refractivity contribution < 1.29 is 14.3 Å². The monoisotopic (exact) mass is 312 g/mol. The lowest BCUT2D eigenvalue weighted by molar-refractivity contribution is -0.123. The number of hydrogen-bond acceptors (Lipinski definition) is 4. The number of carbonyl (C=O) groups is 1. The fourth-order valence-electron chi connectivity index (χ4n) is 2.08. The normalized spacial score (nSPS) is 10.6. The maximum atomic E-state index is 11.8. The second-order valence-electron chi connectivity index (χ2n) is 5.09. The van der Waals surface area contributed by atoms with Crippen molar-refractivity contribution in [1.29, 1.82) is 0 Å². The molecule has 2 rings (SSSR count). The first-order valence-corrected chi connectivity index (χ1v) is 7.25. The number of nitrogens with one attached hydrogen (secondary N) is 1. The molecule has 2 aromatic rings. The second-order valence-corrected chi connectivity index (χ2v) is 5.09. The molecular formula is C18H20N2O3. The van der Waals surface area contributed by atoms with Crippen LogP contribution >= 0.6 is 0 Å². The standard InChI is InChI=1S/C18H20N2O3/c1-13-8-9-16(14(2)10-13)23-12-18(21)20-19-11-15-6-4-5-7-17(15)22-3/h4-11H,12H2,1-3H3,(H,20,21)/b19-11-. The van der Waals surface area contributed by atoms with Crippen LogP contribution in [0.5, 0.6) is 11.5 Å². The number of hydrogen-bond donors (Lipinski definition) is 1. The maximum Gasteiger partial charge on any atom is 0.277 e. The SMILES string of the molecule is COc1ccccc1/C=N\NC(=O)COc1ccc(C)cc1C. The van der Waals surface area contributed by atoms with Crippen molar-refractivity contribution in [1.82, 2.24) is 5.43 Å². The van der Waals surface area contributed by atoms with Crippen molar-refractivity contribution >= 4 is 12.1 Å². The number of hydrazone groups is 1. The van der Waals surface area contributed by atoms with Crippen LogP contribution in [0.2, 0.25) is 0 Å². The second kappa shape index (κ2) is 7.98. The first-order chi connectivity index (χ1) is 11.1. The highest BCUT2D eigenvalue weighted by Gasteiger charge is 2.04. The predicted molar refractivity (Wildman–Crippen MR) is 90.1 cm³/mol. The van der Waals surface area contributed by atoms with Gasteiger partial charge in [0.05, 0.1) is 13.3 Å². The van der Waals surface area contributed by atoms with E-state index in [1.807, 2.05) is 56.3 Å². The average Bonchev–Trinajstić information content (AvgIpc) is 2.54. The number of nitrogens with zero attached hydrogens (tertiary/aromatic N) is 1. The van der Waals surface area contributed by atoms with E-state index in [1.54, 1.807) is 7.11 Å². The van der Waals surface area contributed by atoms with Crippen LogP contribution < -0.4 is 14.9 Å². The summed E-state index contributed by atoms with van der Waals surface area (Å²) in [4.78, 5) is 11.8. The summed E-state index contributed by atoms with van der Waals surface area (Å²) in [5.74, 6) is 1.06. The molecule has 2 aromatic carbocycles. The number of para-hydroxylation sites is 1. The Bertz CT molecular complexity index is 711. The van der Waals surface area contributed by atoms with E-state index in [0.717, 1.165) is 16.7 Å². The molecule has 0 radical (unpaired) electrons. The molecule has 23 heavy (non-hydrogen) atoms. The summed E-state index contributed by atoms with van der Waals surface area (Å²) in [6.07, 6.45) is 1.54. The summed E-state index contributed by atoms with van der Waals surface area (Å²) in [5.41, 5.74) is 5.37. The fourth-order valence-corrected chi connectivity index (χ4v) is 2.08. The summed E-state index contributed by atoms with van der Waals surface area (Å²) in [5, 5.41) is 3.91. The molecule has 0 aromatic heterocycles. The van der Waals surface area contributed by atoms with E-state index >= 15 is 0 Å². The number of rotatable bonds is 6. The van der Waals surface area contributed by atoms with Crippen LogP contribution in [0.4, 0.5) is 0 Å². The lowest BCUT2D eigenvalue weighted by Gasteiger charge is -2.08. The summed E-state index contributed by atoms with van der Waals surface area (Å²) in [7, 11) is 1.59. The van der Waals surface area contributed by atoms with Crippen molar-refractivity contribution in [3.05, 3.63) is 59.2 Å². The van der Waals surface area contributed by atoms with Crippen molar-refractivity contribution in [2.24, 2.45) is 5.10 Å². The lowest BCUT2D eigenvalue weighted by atomic mass is 10.1. The van der Waals surface area contributed by atoms with Gasteiger partial charge in [0.15, 0.2) is 6.61 Å². The zero-order valence-corrected chi connectivity index (χ0v) is 13.5. The van der Waals surface area contributed by atoms with E-state index in [4.69, 9.17) is 9.47 Å². The largest absolute Gasteiger partial charge is 0.496 e. The first-order valence-electron chi connectivity index (χ1n) is 7.25.